The standard InChI is InChI=1S/C16H16ClNOS/c17-15-7-6-14(20-15)16(19)18-10-8-13(9-11-18)12-4-2-1-3-5-12/h1-7,13H,8-11H2. The van der Waals surface area contributed by atoms with E-state index in [-0.39, 0.29) is 5.91 Å². The molecule has 4 heteroatoms. The molecule has 1 aliphatic heterocycles. The van der Waals surface area contributed by atoms with E-state index in [4.69, 9.17) is 11.6 Å². The van der Waals surface area contributed by atoms with Crippen LogP contribution in [0, 0.1) is 0 Å². The van der Waals surface area contributed by atoms with Crippen molar-refractivity contribution in [1.29, 1.82) is 0 Å². The number of thiophene rings is 1. The number of carbonyl (C=O) groups is 1. The maximum absolute atomic E-state index is 12.3. The van der Waals surface area contributed by atoms with Crippen LogP contribution in [0.5, 0.6) is 0 Å². The number of benzene rings is 1. The van der Waals surface area contributed by atoms with Crippen molar-refractivity contribution in [1.82, 2.24) is 4.90 Å². The maximum atomic E-state index is 12.3. The normalized spacial score (nSPS) is 16.4. The van der Waals surface area contributed by atoms with Crippen LogP contribution in [0.1, 0.15) is 34.0 Å². The van der Waals surface area contributed by atoms with Gasteiger partial charge in [0.05, 0.1) is 9.21 Å². The summed E-state index contributed by atoms with van der Waals surface area (Å²) in [5, 5.41) is 0. The molecule has 2 aromatic rings. The van der Waals surface area contributed by atoms with Gasteiger partial charge in [-0.1, -0.05) is 41.9 Å². The molecule has 1 aromatic carbocycles. The van der Waals surface area contributed by atoms with Gasteiger partial charge in [0.1, 0.15) is 0 Å². The lowest BCUT2D eigenvalue weighted by molar-refractivity contribution is 0.0718. The number of likely N-dealkylation sites (tertiary alicyclic amines) is 1. The number of piperidine rings is 1. The van der Waals surface area contributed by atoms with Crippen molar-refractivity contribution in [2.24, 2.45) is 0 Å². The Kier molecular flexibility index (Phi) is 4.08. The van der Waals surface area contributed by atoms with Crippen molar-refractivity contribution < 1.29 is 4.79 Å². The van der Waals surface area contributed by atoms with E-state index < -0.39 is 0 Å². The summed E-state index contributed by atoms with van der Waals surface area (Å²) in [7, 11) is 0. The third-order valence-corrected chi connectivity index (χ3v) is 5.06. The quantitative estimate of drug-likeness (QED) is 0.804. The predicted molar refractivity (Wildman–Crippen MR) is 83.6 cm³/mol. The highest BCUT2D eigenvalue weighted by atomic mass is 35.5. The number of nitrogens with zero attached hydrogens (tertiary/aromatic N) is 1. The smallest absolute Gasteiger partial charge is 0.263 e. The van der Waals surface area contributed by atoms with Gasteiger partial charge in [-0.2, -0.15) is 0 Å². The number of hydrogen-bond donors (Lipinski definition) is 0. The molecule has 0 unspecified atom stereocenters. The van der Waals surface area contributed by atoms with E-state index in [9.17, 15) is 4.79 Å². The lowest BCUT2D eigenvalue weighted by atomic mass is 9.89. The van der Waals surface area contributed by atoms with E-state index in [2.05, 4.69) is 24.3 Å². The Morgan fingerprint density at radius 2 is 1.80 bits per heavy atom. The van der Waals surface area contributed by atoms with Crippen LogP contribution in [0.15, 0.2) is 42.5 Å². The largest absolute Gasteiger partial charge is 0.338 e. The summed E-state index contributed by atoms with van der Waals surface area (Å²) in [6, 6.07) is 14.2. The monoisotopic (exact) mass is 305 g/mol. The van der Waals surface area contributed by atoms with E-state index in [0.717, 1.165) is 30.8 Å². The molecular weight excluding hydrogens is 290 g/mol. The lowest BCUT2D eigenvalue weighted by Crippen LogP contribution is -2.37. The van der Waals surface area contributed by atoms with E-state index in [0.29, 0.717) is 10.3 Å². The molecule has 0 spiro atoms. The number of amides is 1. The minimum absolute atomic E-state index is 0.119. The number of carbonyl (C=O) groups excluding carboxylic acids is 1. The SMILES string of the molecule is O=C(c1ccc(Cl)s1)N1CCC(c2ccccc2)CC1. The molecule has 0 N–H and O–H groups in total. The summed E-state index contributed by atoms with van der Waals surface area (Å²) in [5.74, 6) is 0.695. The molecule has 104 valence electrons. The molecule has 1 fully saturated rings. The minimum Gasteiger partial charge on any atom is -0.338 e. The Morgan fingerprint density at radius 3 is 2.40 bits per heavy atom. The van der Waals surface area contributed by atoms with Gasteiger partial charge in [0, 0.05) is 13.1 Å². The third kappa shape index (κ3) is 2.89. The number of halogens is 1. The van der Waals surface area contributed by atoms with Gasteiger partial charge in [0.2, 0.25) is 0 Å². The number of hydrogen-bond acceptors (Lipinski definition) is 2. The average molecular weight is 306 g/mol. The van der Waals surface area contributed by atoms with Gasteiger partial charge in [-0.25, -0.2) is 0 Å². The van der Waals surface area contributed by atoms with Crippen molar-refractivity contribution in [3.8, 4) is 0 Å². The average Bonchev–Trinajstić information content (AvgIpc) is 2.94. The van der Waals surface area contributed by atoms with Crippen LogP contribution in [0.2, 0.25) is 4.34 Å². The van der Waals surface area contributed by atoms with Crippen molar-refractivity contribution in [3.05, 3.63) is 57.2 Å². The van der Waals surface area contributed by atoms with Crippen molar-refractivity contribution in [2.75, 3.05) is 13.1 Å². The molecule has 0 saturated carbocycles. The molecule has 1 aliphatic rings. The van der Waals surface area contributed by atoms with Crippen molar-refractivity contribution in [2.45, 2.75) is 18.8 Å². The predicted octanol–water partition coefficient (Wildman–Crippen LogP) is 4.42. The molecule has 0 bridgehead atoms. The van der Waals surface area contributed by atoms with Crippen LogP contribution in [-0.2, 0) is 0 Å². The van der Waals surface area contributed by atoms with Crippen LogP contribution in [0.4, 0.5) is 0 Å². The van der Waals surface area contributed by atoms with Crippen molar-refractivity contribution in [3.63, 3.8) is 0 Å². The maximum Gasteiger partial charge on any atom is 0.263 e. The molecule has 3 rings (SSSR count). The Hall–Kier alpha value is -1.32. The first kappa shape index (κ1) is 13.7. The molecule has 1 amide bonds. The van der Waals surface area contributed by atoms with Gasteiger partial charge in [0.15, 0.2) is 0 Å². The van der Waals surface area contributed by atoms with Gasteiger partial charge in [0.25, 0.3) is 5.91 Å². The topological polar surface area (TPSA) is 20.3 Å². The first-order valence-electron chi connectivity index (χ1n) is 6.83. The second-order valence-electron chi connectivity index (χ2n) is 5.08. The fourth-order valence-electron chi connectivity index (χ4n) is 2.73. The lowest BCUT2D eigenvalue weighted by Gasteiger charge is -2.32. The zero-order chi connectivity index (χ0) is 13.9. The van der Waals surface area contributed by atoms with Gasteiger partial charge in [-0.15, -0.1) is 11.3 Å². The third-order valence-electron chi connectivity index (χ3n) is 3.84. The molecular formula is C16H16ClNOS. The van der Waals surface area contributed by atoms with E-state index in [1.807, 2.05) is 17.0 Å². The Bertz CT molecular complexity index is 588. The molecule has 2 heterocycles. The fourth-order valence-corrected chi connectivity index (χ4v) is 3.74. The molecule has 0 atom stereocenters. The van der Waals surface area contributed by atoms with Crippen LogP contribution < -0.4 is 0 Å². The highest BCUT2D eigenvalue weighted by Gasteiger charge is 2.25. The number of rotatable bonds is 2. The van der Waals surface area contributed by atoms with E-state index in [1.165, 1.54) is 16.9 Å². The first-order chi connectivity index (χ1) is 9.74. The van der Waals surface area contributed by atoms with Crippen molar-refractivity contribution >= 4 is 28.8 Å². The Morgan fingerprint density at radius 1 is 1.10 bits per heavy atom. The van der Waals surface area contributed by atoms with Gasteiger partial charge in [-0.05, 0) is 36.5 Å². The Labute approximate surface area is 128 Å². The van der Waals surface area contributed by atoms with Gasteiger partial charge >= 0.3 is 0 Å². The zero-order valence-corrected chi connectivity index (χ0v) is 12.7. The highest BCUT2D eigenvalue weighted by molar-refractivity contribution is 7.17. The summed E-state index contributed by atoms with van der Waals surface area (Å²) < 4.78 is 0.674. The zero-order valence-electron chi connectivity index (χ0n) is 11.1. The van der Waals surface area contributed by atoms with Gasteiger partial charge in [-0.3, -0.25) is 4.79 Å². The molecule has 0 radical (unpaired) electrons. The molecule has 2 nitrogen and oxygen atoms in total. The summed E-state index contributed by atoms with van der Waals surface area (Å²) in [5.41, 5.74) is 1.39. The van der Waals surface area contributed by atoms with E-state index >= 15 is 0 Å². The summed E-state index contributed by atoms with van der Waals surface area (Å²) in [4.78, 5) is 15.0. The fraction of sp³-hybridized carbons (Fsp3) is 0.312. The first-order valence-corrected chi connectivity index (χ1v) is 8.03. The van der Waals surface area contributed by atoms with Crippen LogP contribution in [0.3, 0.4) is 0 Å². The Balaban J connectivity index is 1.63. The summed E-state index contributed by atoms with van der Waals surface area (Å²) in [6.07, 6.45) is 2.07. The van der Waals surface area contributed by atoms with Crippen LogP contribution in [0.25, 0.3) is 0 Å². The highest BCUT2D eigenvalue weighted by Crippen LogP contribution is 2.29. The second-order valence-corrected chi connectivity index (χ2v) is 6.80. The summed E-state index contributed by atoms with van der Waals surface area (Å²) >= 11 is 7.26. The van der Waals surface area contributed by atoms with Crippen LogP contribution in [-0.4, -0.2) is 23.9 Å². The molecule has 1 saturated heterocycles. The van der Waals surface area contributed by atoms with E-state index in [1.54, 1.807) is 6.07 Å². The molecule has 0 aliphatic carbocycles. The second kappa shape index (κ2) is 5.98. The van der Waals surface area contributed by atoms with Crippen LogP contribution >= 0.6 is 22.9 Å². The summed E-state index contributed by atoms with van der Waals surface area (Å²) in [6.45, 7) is 1.65. The molecule has 1 aromatic heterocycles. The minimum atomic E-state index is 0.119. The van der Waals surface area contributed by atoms with Gasteiger partial charge < -0.3 is 4.90 Å². The molecule has 20 heavy (non-hydrogen) atoms.